The van der Waals surface area contributed by atoms with E-state index in [1.54, 1.807) is 4.90 Å². The normalized spacial score (nSPS) is 22.4. The SMILES string of the molecule is COC(=O)N(Cc1ccccc1)[C@H]1C=C(O[Si](C)(C)C(C)(C)C)CC[C@]1(C)C=O. The standard InChI is InChI=1S/C23H35NO4Si/c1-22(2,3)29(6,7)28-19-13-14-23(4,17-25)20(15-19)24(21(26)27-5)16-18-11-9-8-10-12-18/h8-12,15,17,20H,13-14,16H2,1-7H3/t20-,23+/m0/s1. The summed E-state index contributed by atoms with van der Waals surface area (Å²) in [5, 5.41) is 0.0703. The summed E-state index contributed by atoms with van der Waals surface area (Å²) in [6.45, 7) is 13.3. The van der Waals surface area contributed by atoms with Crippen molar-refractivity contribution in [1.29, 1.82) is 0 Å². The van der Waals surface area contributed by atoms with Crippen LogP contribution < -0.4 is 0 Å². The molecule has 0 N–H and O–H groups in total. The fourth-order valence-electron chi connectivity index (χ4n) is 3.30. The number of carbonyl (C=O) groups is 2. The molecule has 1 aromatic carbocycles. The highest BCUT2D eigenvalue weighted by molar-refractivity contribution is 6.74. The van der Waals surface area contributed by atoms with Crippen LogP contribution in [0.5, 0.6) is 0 Å². The lowest BCUT2D eigenvalue weighted by Crippen LogP contribution is -2.51. The second-order valence-corrected chi connectivity index (χ2v) is 14.4. The molecule has 0 saturated carbocycles. The fraction of sp³-hybridized carbons (Fsp3) is 0.565. The van der Waals surface area contributed by atoms with Crippen molar-refractivity contribution in [2.24, 2.45) is 5.41 Å². The molecule has 0 radical (unpaired) electrons. The number of amides is 1. The van der Waals surface area contributed by atoms with Gasteiger partial charge in [0.25, 0.3) is 0 Å². The second kappa shape index (κ2) is 8.74. The van der Waals surface area contributed by atoms with Gasteiger partial charge in [0.15, 0.2) is 0 Å². The Morgan fingerprint density at radius 2 is 1.90 bits per heavy atom. The Balaban J connectivity index is 2.43. The van der Waals surface area contributed by atoms with Crippen LogP contribution in [-0.2, 0) is 20.5 Å². The van der Waals surface area contributed by atoms with Crippen LogP contribution in [0, 0.1) is 5.41 Å². The van der Waals surface area contributed by atoms with Gasteiger partial charge in [-0.05, 0) is 36.2 Å². The van der Waals surface area contributed by atoms with Crippen molar-refractivity contribution >= 4 is 20.7 Å². The summed E-state index contributed by atoms with van der Waals surface area (Å²) >= 11 is 0. The molecule has 0 unspecified atom stereocenters. The molecule has 0 aliphatic heterocycles. The number of aldehydes is 1. The molecule has 1 aliphatic rings. The summed E-state index contributed by atoms with van der Waals surface area (Å²) in [7, 11) is -0.641. The van der Waals surface area contributed by atoms with E-state index in [2.05, 4.69) is 33.9 Å². The number of nitrogens with zero attached hydrogens (tertiary/aromatic N) is 1. The highest BCUT2D eigenvalue weighted by Gasteiger charge is 2.45. The summed E-state index contributed by atoms with van der Waals surface area (Å²) in [5.74, 6) is 0.878. The van der Waals surface area contributed by atoms with E-state index in [1.807, 2.05) is 43.3 Å². The van der Waals surface area contributed by atoms with Crippen molar-refractivity contribution in [3.63, 3.8) is 0 Å². The molecular weight excluding hydrogens is 382 g/mol. The number of benzene rings is 1. The maximum absolute atomic E-state index is 12.7. The highest BCUT2D eigenvalue weighted by Crippen LogP contribution is 2.42. The molecule has 1 amide bonds. The van der Waals surface area contributed by atoms with Crippen LogP contribution in [0.2, 0.25) is 18.1 Å². The van der Waals surface area contributed by atoms with Crippen LogP contribution in [-0.4, -0.2) is 38.7 Å². The first-order valence-electron chi connectivity index (χ1n) is 10.2. The molecule has 1 aromatic rings. The van der Waals surface area contributed by atoms with E-state index < -0.39 is 25.9 Å². The van der Waals surface area contributed by atoms with E-state index in [4.69, 9.17) is 9.16 Å². The topological polar surface area (TPSA) is 55.8 Å². The Kier molecular flexibility index (Phi) is 6.99. The summed E-state index contributed by atoms with van der Waals surface area (Å²) < 4.78 is 11.6. The van der Waals surface area contributed by atoms with Crippen LogP contribution in [0.15, 0.2) is 42.2 Å². The number of carbonyl (C=O) groups excluding carboxylic acids is 2. The third kappa shape index (κ3) is 5.29. The van der Waals surface area contributed by atoms with E-state index in [0.717, 1.165) is 17.6 Å². The van der Waals surface area contributed by atoms with Gasteiger partial charge in [-0.15, -0.1) is 0 Å². The Labute approximate surface area is 176 Å². The molecule has 2 rings (SSSR count). The quantitative estimate of drug-likeness (QED) is 0.451. The molecule has 29 heavy (non-hydrogen) atoms. The zero-order chi connectivity index (χ0) is 21.9. The zero-order valence-electron chi connectivity index (χ0n) is 18.8. The van der Waals surface area contributed by atoms with Gasteiger partial charge in [-0.2, -0.15) is 0 Å². The van der Waals surface area contributed by atoms with Gasteiger partial charge >= 0.3 is 6.09 Å². The molecule has 0 aromatic heterocycles. The molecule has 6 heteroatoms. The van der Waals surface area contributed by atoms with Gasteiger partial charge in [-0.3, -0.25) is 4.90 Å². The molecule has 160 valence electrons. The highest BCUT2D eigenvalue weighted by atomic mass is 28.4. The van der Waals surface area contributed by atoms with Crippen molar-refractivity contribution in [3.8, 4) is 0 Å². The van der Waals surface area contributed by atoms with Crippen molar-refractivity contribution in [3.05, 3.63) is 47.7 Å². The van der Waals surface area contributed by atoms with Gasteiger partial charge in [-0.25, -0.2) is 4.79 Å². The number of ether oxygens (including phenoxy) is 1. The summed E-state index contributed by atoms with van der Waals surface area (Å²) in [4.78, 5) is 26.4. The number of methoxy groups -OCH3 is 1. The van der Waals surface area contributed by atoms with Crippen molar-refractivity contribution in [1.82, 2.24) is 4.90 Å². The van der Waals surface area contributed by atoms with E-state index >= 15 is 0 Å². The first kappa shape index (κ1) is 23.2. The van der Waals surface area contributed by atoms with Gasteiger partial charge < -0.3 is 14.0 Å². The van der Waals surface area contributed by atoms with E-state index in [0.29, 0.717) is 19.4 Å². The lowest BCUT2D eigenvalue weighted by atomic mass is 9.75. The first-order valence-corrected chi connectivity index (χ1v) is 13.1. The summed E-state index contributed by atoms with van der Waals surface area (Å²) in [6, 6.07) is 9.31. The number of hydrogen-bond donors (Lipinski definition) is 0. The smallest absolute Gasteiger partial charge is 0.410 e. The van der Waals surface area contributed by atoms with Gasteiger partial charge in [0.05, 0.1) is 18.9 Å². The lowest BCUT2D eigenvalue weighted by Gasteiger charge is -2.44. The number of rotatable bonds is 6. The molecule has 0 saturated heterocycles. The van der Waals surface area contributed by atoms with Crippen LogP contribution in [0.3, 0.4) is 0 Å². The Morgan fingerprint density at radius 1 is 1.28 bits per heavy atom. The predicted octanol–water partition coefficient (Wildman–Crippen LogP) is 5.53. The number of hydrogen-bond acceptors (Lipinski definition) is 4. The van der Waals surface area contributed by atoms with Crippen molar-refractivity contribution in [2.45, 2.75) is 71.3 Å². The predicted molar refractivity (Wildman–Crippen MR) is 118 cm³/mol. The molecule has 0 heterocycles. The van der Waals surface area contributed by atoms with Gasteiger partial charge in [0.1, 0.15) is 6.29 Å². The average Bonchev–Trinajstić information content (AvgIpc) is 2.67. The molecule has 0 bridgehead atoms. The Bertz CT molecular complexity index is 754. The number of allylic oxidation sites excluding steroid dienone is 1. The molecule has 2 atom stereocenters. The summed E-state index contributed by atoms with van der Waals surface area (Å²) in [5.41, 5.74) is 0.292. The minimum Gasteiger partial charge on any atom is -0.547 e. The average molecular weight is 418 g/mol. The van der Waals surface area contributed by atoms with E-state index in [1.165, 1.54) is 7.11 Å². The van der Waals surface area contributed by atoms with Gasteiger partial charge in [-0.1, -0.05) is 58.0 Å². The fourth-order valence-corrected chi connectivity index (χ4v) is 4.44. The molecule has 0 spiro atoms. The second-order valence-electron chi connectivity index (χ2n) is 9.65. The van der Waals surface area contributed by atoms with Crippen molar-refractivity contribution < 1.29 is 18.8 Å². The third-order valence-corrected chi connectivity index (χ3v) is 10.7. The van der Waals surface area contributed by atoms with Crippen LogP contribution in [0.1, 0.15) is 46.1 Å². The lowest BCUT2D eigenvalue weighted by molar-refractivity contribution is -0.118. The van der Waals surface area contributed by atoms with Crippen LogP contribution in [0.4, 0.5) is 4.79 Å². The monoisotopic (exact) mass is 417 g/mol. The van der Waals surface area contributed by atoms with Crippen LogP contribution >= 0.6 is 0 Å². The Hall–Kier alpha value is -2.08. The maximum Gasteiger partial charge on any atom is 0.410 e. The van der Waals surface area contributed by atoms with Gasteiger partial charge in [0, 0.05) is 18.4 Å². The third-order valence-electron chi connectivity index (χ3n) is 6.33. The molecule has 1 aliphatic carbocycles. The van der Waals surface area contributed by atoms with Crippen LogP contribution in [0.25, 0.3) is 0 Å². The van der Waals surface area contributed by atoms with Gasteiger partial charge in [0.2, 0.25) is 8.32 Å². The largest absolute Gasteiger partial charge is 0.547 e. The molecular formula is C23H35NO4Si. The van der Waals surface area contributed by atoms with Crippen molar-refractivity contribution in [2.75, 3.05) is 7.11 Å². The van der Waals surface area contributed by atoms with E-state index in [9.17, 15) is 9.59 Å². The summed E-state index contributed by atoms with van der Waals surface area (Å²) in [6.07, 6.45) is 3.82. The minimum absolute atomic E-state index is 0.0703. The van der Waals surface area contributed by atoms with E-state index in [-0.39, 0.29) is 5.04 Å². The molecule has 5 nitrogen and oxygen atoms in total. The maximum atomic E-state index is 12.7. The Morgan fingerprint density at radius 3 is 2.41 bits per heavy atom. The zero-order valence-corrected chi connectivity index (χ0v) is 19.8. The minimum atomic E-state index is -2.01. The molecule has 0 fully saturated rings. The first-order chi connectivity index (χ1) is 13.4.